The van der Waals surface area contributed by atoms with Crippen LogP contribution >= 0.6 is 0 Å². The van der Waals surface area contributed by atoms with Crippen molar-refractivity contribution in [1.82, 2.24) is 4.90 Å². The van der Waals surface area contributed by atoms with Crippen molar-refractivity contribution in [3.8, 4) is 0 Å². The minimum atomic E-state index is -0.533. The molecule has 0 N–H and O–H groups in total. The van der Waals surface area contributed by atoms with Gasteiger partial charge in [0.15, 0.2) is 0 Å². The monoisotopic (exact) mass is 173 g/mol. The van der Waals surface area contributed by atoms with E-state index in [9.17, 15) is 0 Å². The van der Waals surface area contributed by atoms with E-state index in [-0.39, 0.29) is 0 Å². The smallest absolute Gasteiger partial charge is 0.0581 e. The summed E-state index contributed by atoms with van der Waals surface area (Å²) in [6.07, 6.45) is 1.35. The van der Waals surface area contributed by atoms with Crippen LogP contribution in [0, 0.1) is 0 Å². The maximum atomic E-state index is 2.39. The molecule has 0 radical (unpaired) electrons. The molecule has 0 aromatic carbocycles. The van der Waals surface area contributed by atoms with Crippen LogP contribution in [0.25, 0.3) is 0 Å². The number of nitrogens with zero attached hydrogens (tertiary/aromatic N) is 1. The third-order valence-electron chi connectivity index (χ3n) is 2.30. The molecule has 1 nitrogen and oxygen atoms in total. The van der Waals surface area contributed by atoms with Gasteiger partial charge in [0.05, 0.1) is 8.80 Å². The van der Waals surface area contributed by atoms with E-state index in [0.717, 1.165) is 0 Å². The van der Waals surface area contributed by atoms with Crippen molar-refractivity contribution in [1.29, 1.82) is 0 Å². The Morgan fingerprint density at radius 3 is 1.73 bits per heavy atom. The van der Waals surface area contributed by atoms with Crippen LogP contribution in [-0.4, -0.2) is 34.0 Å². The molecule has 1 atom stereocenters. The Morgan fingerprint density at radius 2 is 1.64 bits per heavy atom. The van der Waals surface area contributed by atoms with Crippen molar-refractivity contribution >= 4 is 8.80 Å². The van der Waals surface area contributed by atoms with Gasteiger partial charge in [0.1, 0.15) is 0 Å². The number of hydrogen-bond acceptors (Lipinski definition) is 1. The highest BCUT2D eigenvalue weighted by molar-refractivity contribution is 6.62. The SMILES string of the molecule is CC[SiH](CN(C)C)C(C)(C)C. The topological polar surface area (TPSA) is 3.24 Å². The molecule has 0 bridgehead atoms. The maximum Gasteiger partial charge on any atom is 0.0581 e. The van der Waals surface area contributed by atoms with Crippen LogP contribution in [0.15, 0.2) is 0 Å². The first kappa shape index (κ1) is 11.2. The zero-order valence-corrected chi connectivity index (χ0v) is 10.1. The molecule has 2 heteroatoms. The quantitative estimate of drug-likeness (QED) is 0.591. The molecule has 0 aliphatic rings. The lowest BCUT2D eigenvalue weighted by Gasteiger charge is -2.30. The predicted octanol–water partition coefficient (Wildman–Crippen LogP) is 2.13. The van der Waals surface area contributed by atoms with Gasteiger partial charge in [0.25, 0.3) is 0 Å². The second-order valence-electron chi connectivity index (χ2n) is 4.73. The Balaban J connectivity index is 3.96. The molecular weight excluding hydrogens is 150 g/mol. The third-order valence-corrected chi connectivity index (χ3v) is 6.91. The number of rotatable bonds is 3. The summed E-state index contributed by atoms with van der Waals surface area (Å²) in [5.41, 5.74) is 0. The molecular formula is C9H23NSi. The zero-order chi connectivity index (χ0) is 9.07. The van der Waals surface area contributed by atoms with Gasteiger partial charge in [-0.2, -0.15) is 0 Å². The average molecular weight is 173 g/mol. The van der Waals surface area contributed by atoms with Gasteiger partial charge in [-0.1, -0.05) is 33.7 Å². The highest BCUT2D eigenvalue weighted by Gasteiger charge is 2.24. The lowest BCUT2D eigenvalue weighted by Crippen LogP contribution is -2.36. The molecule has 0 aromatic rings. The van der Waals surface area contributed by atoms with E-state index in [2.05, 4.69) is 46.7 Å². The van der Waals surface area contributed by atoms with E-state index in [1.54, 1.807) is 0 Å². The van der Waals surface area contributed by atoms with Gasteiger partial charge in [-0.3, -0.25) is 0 Å². The van der Waals surface area contributed by atoms with Crippen molar-refractivity contribution in [3.63, 3.8) is 0 Å². The van der Waals surface area contributed by atoms with E-state index in [1.807, 2.05) is 0 Å². The molecule has 0 aromatic heterocycles. The highest BCUT2D eigenvalue weighted by Crippen LogP contribution is 2.28. The van der Waals surface area contributed by atoms with Crippen LogP contribution in [0.1, 0.15) is 27.7 Å². The Labute approximate surface area is 73.4 Å². The molecule has 68 valence electrons. The van der Waals surface area contributed by atoms with E-state index >= 15 is 0 Å². The van der Waals surface area contributed by atoms with Gasteiger partial charge in [-0.15, -0.1) is 0 Å². The Bertz CT molecular complexity index is 105. The second-order valence-corrected chi connectivity index (χ2v) is 9.04. The van der Waals surface area contributed by atoms with Crippen LogP contribution in [0.3, 0.4) is 0 Å². The average Bonchev–Trinajstić information content (AvgIpc) is 1.79. The molecule has 0 saturated carbocycles. The largest absolute Gasteiger partial charge is 0.312 e. The summed E-state index contributed by atoms with van der Waals surface area (Å²) in [5.74, 6) is 0. The summed E-state index contributed by atoms with van der Waals surface area (Å²) < 4.78 is 0. The molecule has 0 saturated heterocycles. The van der Waals surface area contributed by atoms with Gasteiger partial charge in [-0.25, -0.2) is 0 Å². The van der Waals surface area contributed by atoms with Crippen molar-refractivity contribution in [2.75, 3.05) is 20.3 Å². The minimum absolute atomic E-state index is 0.533. The highest BCUT2D eigenvalue weighted by atomic mass is 28.3. The fourth-order valence-electron chi connectivity index (χ4n) is 1.46. The van der Waals surface area contributed by atoms with E-state index < -0.39 is 8.80 Å². The van der Waals surface area contributed by atoms with Crippen molar-refractivity contribution < 1.29 is 0 Å². The number of hydrogen-bond donors (Lipinski definition) is 0. The molecule has 0 aliphatic carbocycles. The molecule has 1 unspecified atom stereocenters. The molecule has 0 rings (SSSR count). The molecule has 0 fully saturated rings. The summed E-state index contributed by atoms with van der Waals surface area (Å²) in [6.45, 7) is 9.50. The molecule has 0 spiro atoms. The van der Waals surface area contributed by atoms with Crippen LogP contribution in [0.5, 0.6) is 0 Å². The molecule has 0 heterocycles. The first-order chi connectivity index (χ1) is 4.88. The summed E-state index contributed by atoms with van der Waals surface area (Å²) >= 11 is 0. The lowest BCUT2D eigenvalue weighted by molar-refractivity contribution is 0.465. The van der Waals surface area contributed by atoms with Gasteiger partial charge in [0.2, 0.25) is 0 Å². The van der Waals surface area contributed by atoms with Crippen LogP contribution in [0.2, 0.25) is 11.1 Å². The fraction of sp³-hybridized carbons (Fsp3) is 1.00. The maximum absolute atomic E-state index is 2.39. The van der Waals surface area contributed by atoms with Gasteiger partial charge < -0.3 is 4.90 Å². The van der Waals surface area contributed by atoms with Crippen molar-refractivity contribution in [2.45, 2.75) is 38.8 Å². The minimum Gasteiger partial charge on any atom is -0.312 e. The normalized spacial score (nSPS) is 15.5. The standard InChI is InChI=1S/C9H23NSi/c1-7-11(8-10(5)6)9(2,3)4/h11H,7-8H2,1-6H3. The van der Waals surface area contributed by atoms with Crippen LogP contribution < -0.4 is 0 Å². The van der Waals surface area contributed by atoms with Gasteiger partial charge >= 0.3 is 0 Å². The predicted molar refractivity (Wildman–Crippen MR) is 55.9 cm³/mol. The first-order valence-electron chi connectivity index (χ1n) is 4.52. The molecule has 0 aliphatic heterocycles. The molecule has 0 amide bonds. The summed E-state index contributed by atoms with van der Waals surface area (Å²) in [4.78, 5) is 2.34. The summed E-state index contributed by atoms with van der Waals surface area (Å²) in [5, 5.41) is 0.596. The van der Waals surface area contributed by atoms with Gasteiger partial charge in [-0.05, 0) is 25.3 Å². The van der Waals surface area contributed by atoms with Crippen molar-refractivity contribution in [2.24, 2.45) is 0 Å². The Morgan fingerprint density at radius 1 is 1.18 bits per heavy atom. The lowest BCUT2D eigenvalue weighted by atomic mass is 10.2. The Hall–Kier alpha value is 0.177. The second kappa shape index (κ2) is 4.26. The summed E-state index contributed by atoms with van der Waals surface area (Å²) in [7, 11) is 3.83. The zero-order valence-electron chi connectivity index (χ0n) is 8.94. The summed E-state index contributed by atoms with van der Waals surface area (Å²) in [6, 6.07) is 1.42. The van der Waals surface area contributed by atoms with Crippen LogP contribution in [-0.2, 0) is 0 Å². The van der Waals surface area contributed by atoms with E-state index in [4.69, 9.17) is 0 Å². The van der Waals surface area contributed by atoms with Crippen molar-refractivity contribution in [3.05, 3.63) is 0 Å². The molecule has 11 heavy (non-hydrogen) atoms. The van der Waals surface area contributed by atoms with E-state index in [1.165, 1.54) is 12.2 Å². The van der Waals surface area contributed by atoms with E-state index in [0.29, 0.717) is 5.04 Å². The first-order valence-corrected chi connectivity index (χ1v) is 6.73. The van der Waals surface area contributed by atoms with Crippen LogP contribution in [0.4, 0.5) is 0 Å². The third kappa shape index (κ3) is 4.59. The fourth-order valence-corrected chi connectivity index (χ4v) is 4.37. The Kier molecular flexibility index (Phi) is 4.33. The van der Waals surface area contributed by atoms with Gasteiger partial charge in [0, 0.05) is 0 Å².